The van der Waals surface area contributed by atoms with E-state index in [-0.39, 0.29) is 7.43 Å². The second-order valence-electron chi connectivity index (χ2n) is 7.69. The van der Waals surface area contributed by atoms with Crippen LogP contribution < -0.4 is 5.72 Å². The van der Waals surface area contributed by atoms with E-state index in [1.165, 1.54) is 18.6 Å². The topological polar surface area (TPSA) is 38.9 Å². The maximum Gasteiger partial charge on any atom is 0.333 e. The first-order chi connectivity index (χ1) is 12.4. The molecule has 9 heteroatoms. The van der Waals surface area contributed by atoms with Crippen molar-refractivity contribution in [2.45, 2.75) is 51.3 Å². The van der Waals surface area contributed by atoms with Crippen molar-refractivity contribution in [2.24, 2.45) is 18.9 Å². The van der Waals surface area contributed by atoms with Crippen LogP contribution in [0.2, 0.25) is 12.6 Å². The van der Waals surface area contributed by atoms with E-state index < -0.39 is 6.55 Å². The van der Waals surface area contributed by atoms with Crippen molar-refractivity contribution in [3.05, 3.63) is 24.3 Å². The lowest BCUT2D eigenvalue weighted by Crippen LogP contribution is -2.38. The first kappa shape index (κ1) is 20.4. The second-order valence-corrected chi connectivity index (χ2v) is 8.83. The maximum absolute atomic E-state index is 12.9. The van der Waals surface area contributed by atoms with Crippen molar-refractivity contribution in [3.63, 3.8) is 0 Å². The zero-order chi connectivity index (χ0) is 18.4. The van der Waals surface area contributed by atoms with Gasteiger partial charge in [-0.1, -0.05) is 32.9 Å². The number of halogens is 2. The van der Waals surface area contributed by atoms with Crippen LogP contribution in [-0.2, 0) is 7.05 Å². The fourth-order valence-electron chi connectivity index (χ4n) is 4.65. The number of hydrogen-bond donors (Lipinski definition) is 0. The van der Waals surface area contributed by atoms with Gasteiger partial charge < -0.3 is 4.57 Å². The van der Waals surface area contributed by atoms with Crippen LogP contribution in [0.4, 0.5) is 8.78 Å². The Morgan fingerprint density at radius 1 is 1.26 bits per heavy atom. The quantitative estimate of drug-likeness (QED) is 0.572. The monoisotopic (exact) mass is 395 g/mol. The van der Waals surface area contributed by atoms with Crippen molar-refractivity contribution in [1.29, 1.82) is 0 Å². The molecule has 1 saturated carbocycles. The Balaban J connectivity index is 0.00000210. The third-order valence-electron chi connectivity index (χ3n) is 6.14. The molecule has 148 valence electrons. The summed E-state index contributed by atoms with van der Waals surface area (Å²) < 4.78 is 31.0. The molecule has 5 nitrogen and oxygen atoms in total. The summed E-state index contributed by atoms with van der Waals surface area (Å²) in [6.45, 7) is 3.96. The molecule has 0 radical (unpaired) electrons. The number of alkyl halides is 2. The largest absolute Gasteiger partial charge is 0.346 e. The molecule has 3 atom stereocenters. The first-order valence-electron chi connectivity index (χ1n) is 9.16. The van der Waals surface area contributed by atoms with E-state index in [0.717, 1.165) is 22.7 Å². The summed E-state index contributed by atoms with van der Waals surface area (Å²) in [4.78, 5) is 5.37. The van der Waals surface area contributed by atoms with Gasteiger partial charge in [-0.25, -0.2) is 8.99 Å². The number of nitrogens with zero attached hydrogens (tertiary/aromatic N) is 5. The predicted octanol–water partition coefficient (Wildman–Crippen LogP) is 3.71. The molecule has 2 fully saturated rings. The molecule has 2 aliphatic rings. The smallest absolute Gasteiger partial charge is 0.333 e. The van der Waals surface area contributed by atoms with Gasteiger partial charge in [-0.2, -0.15) is 13.9 Å². The van der Waals surface area contributed by atoms with E-state index in [0.29, 0.717) is 30.1 Å². The molecular formula is C18H28BF2N5S. The Bertz CT molecular complexity index is 766. The highest BCUT2D eigenvalue weighted by Gasteiger charge is 2.44. The predicted molar refractivity (Wildman–Crippen MR) is 107 cm³/mol. The Kier molecular flexibility index (Phi) is 6.00. The van der Waals surface area contributed by atoms with Crippen molar-refractivity contribution >= 4 is 24.4 Å². The van der Waals surface area contributed by atoms with Crippen LogP contribution in [0.5, 0.6) is 0 Å². The summed E-state index contributed by atoms with van der Waals surface area (Å²) in [5, 5.41) is 3.81. The van der Waals surface area contributed by atoms with Gasteiger partial charge in [0.25, 0.3) is 0 Å². The van der Waals surface area contributed by atoms with Crippen LogP contribution in [0.15, 0.2) is 23.5 Å². The van der Waals surface area contributed by atoms with Gasteiger partial charge >= 0.3 is 6.55 Å². The van der Waals surface area contributed by atoms with Crippen LogP contribution in [0.25, 0.3) is 0 Å². The normalized spacial score (nSPS) is 25.0. The molecular weight excluding hydrogens is 367 g/mol. The molecule has 2 unspecified atom stereocenters. The van der Waals surface area contributed by atoms with Crippen LogP contribution in [0, 0.1) is 18.8 Å². The van der Waals surface area contributed by atoms with E-state index in [9.17, 15) is 8.78 Å². The minimum absolute atomic E-state index is 0. The van der Waals surface area contributed by atoms with Crippen LogP contribution in [0.3, 0.4) is 0 Å². The van der Waals surface area contributed by atoms with E-state index >= 15 is 0 Å². The molecule has 27 heavy (non-hydrogen) atoms. The minimum atomic E-state index is -2.57. The number of imidazole rings is 1. The molecule has 3 heterocycles. The zero-order valence-electron chi connectivity index (χ0n) is 15.3. The molecule has 0 spiro atoms. The summed E-state index contributed by atoms with van der Waals surface area (Å²) in [6, 6.07) is 0. The van der Waals surface area contributed by atoms with Gasteiger partial charge in [0.1, 0.15) is 0 Å². The standard InChI is InChI=1S/C17H24BF2N5S.CH4/c1-11-15(8-22-25(11)17(19)20)26-24-9-12-6-14(7-13(12)10-24)18(2)16-21-4-5-23(16)3;/h4-5,8,12-14,17H,6-7,9-10H2,1-3H3;1H4/t12-,13?,14?;/m1./s1. The second kappa shape index (κ2) is 7.95. The Labute approximate surface area is 164 Å². The van der Waals surface area contributed by atoms with Gasteiger partial charge in [0.15, 0.2) is 0 Å². The van der Waals surface area contributed by atoms with Crippen LogP contribution in [-0.4, -0.2) is 43.4 Å². The van der Waals surface area contributed by atoms with E-state index in [1.807, 2.05) is 12.4 Å². The minimum Gasteiger partial charge on any atom is -0.346 e. The van der Waals surface area contributed by atoms with Gasteiger partial charge in [0, 0.05) is 32.5 Å². The van der Waals surface area contributed by atoms with E-state index in [2.05, 4.69) is 32.8 Å². The lowest BCUT2D eigenvalue weighted by atomic mass is 9.41. The van der Waals surface area contributed by atoms with E-state index in [1.54, 1.807) is 25.1 Å². The van der Waals surface area contributed by atoms with Gasteiger partial charge in [0.05, 0.1) is 22.5 Å². The van der Waals surface area contributed by atoms with Crippen molar-refractivity contribution in [1.82, 2.24) is 23.6 Å². The molecule has 0 bridgehead atoms. The van der Waals surface area contributed by atoms with Crippen LogP contribution >= 0.6 is 11.9 Å². The Morgan fingerprint density at radius 3 is 2.44 bits per heavy atom. The number of hydrogen-bond acceptors (Lipinski definition) is 4. The number of aromatic nitrogens is 4. The Morgan fingerprint density at radius 2 is 1.93 bits per heavy atom. The number of rotatable bonds is 5. The summed E-state index contributed by atoms with van der Waals surface area (Å²) >= 11 is 1.58. The van der Waals surface area contributed by atoms with Crippen molar-refractivity contribution in [3.8, 4) is 0 Å². The molecule has 1 aliphatic carbocycles. The summed E-state index contributed by atoms with van der Waals surface area (Å²) in [5.41, 5.74) is 1.72. The average molecular weight is 395 g/mol. The highest BCUT2D eigenvalue weighted by Crippen LogP contribution is 2.48. The molecule has 1 saturated heterocycles. The van der Waals surface area contributed by atoms with Crippen LogP contribution in [0.1, 0.15) is 32.5 Å². The third-order valence-corrected chi connectivity index (χ3v) is 7.29. The fraction of sp³-hybridized carbons (Fsp3) is 0.667. The van der Waals surface area contributed by atoms with Gasteiger partial charge in [-0.15, -0.1) is 0 Å². The molecule has 0 N–H and O–H groups in total. The summed E-state index contributed by atoms with van der Waals surface area (Å²) in [7, 11) is 2.06. The van der Waals surface area contributed by atoms with Gasteiger partial charge in [0.2, 0.25) is 6.71 Å². The van der Waals surface area contributed by atoms with E-state index in [4.69, 9.17) is 0 Å². The number of aryl methyl sites for hydroxylation is 1. The lowest BCUT2D eigenvalue weighted by Gasteiger charge is -2.20. The third kappa shape index (κ3) is 3.81. The zero-order valence-corrected chi connectivity index (χ0v) is 16.2. The van der Waals surface area contributed by atoms with Crippen molar-refractivity contribution in [2.75, 3.05) is 13.1 Å². The van der Waals surface area contributed by atoms with Crippen molar-refractivity contribution < 1.29 is 8.78 Å². The average Bonchev–Trinajstić information content (AvgIpc) is 3.32. The Hall–Kier alpha value is -1.35. The highest BCUT2D eigenvalue weighted by atomic mass is 32.2. The fourth-order valence-corrected chi connectivity index (χ4v) is 5.78. The molecule has 1 aliphatic heterocycles. The number of fused-ring (bicyclic) bond motifs is 1. The summed E-state index contributed by atoms with van der Waals surface area (Å²) in [6.07, 6.45) is 7.91. The van der Waals surface area contributed by atoms with Gasteiger partial charge in [-0.3, -0.25) is 4.98 Å². The molecule has 0 aromatic carbocycles. The van der Waals surface area contributed by atoms with Gasteiger partial charge in [-0.05, 0) is 30.7 Å². The summed E-state index contributed by atoms with van der Waals surface area (Å²) in [5.74, 6) is 2.07. The SMILES string of the molecule is C.CB(c1nccn1C)C1CC2CN(Sc3cnn(C(F)F)c3C)C[C@H]2C1. The highest BCUT2D eigenvalue weighted by molar-refractivity contribution is 7.97. The molecule has 2 aromatic heterocycles. The first-order valence-corrected chi connectivity index (χ1v) is 9.93. The maximum atomic E-state index is 12.9. The lowest BCUT2D eigenvalue weighted by molar-refractivity contribution is 0.0541. The molecule has 2 aromatic rings. The molecule has 4 rings (SSSR count). The molecule has 0 amide bonds.